The molecule has 0 bridgehead atoms. The van der Waals surface area contributed by atoms with Crippen molar-refractivity contribution in [1.29, 1.82) is 0 Å². The Morgan fingerprint density at radius 1 is 0.407 bits per heavy atom. The number of fused-ring (bicyclic) bond motifs is 18. The Morgan fingerprint density at radius 2 is 1.06 bits per heavy atom. The second-order valence-electron chi connectivity index (χ2n) is 14.0. The van der Waals surface area contributed by atoms with Crippen molar-refractivity contribution >= 4 is 138 Å². The highest BCUT2D eigenvalue weighted by atomic mass is 32.1. The van der Waals surface area contributed by atoms with Gasteiger partial charge in [0.15, 0.2) is 0 Å². The van der Waals surface area contributed by atoms with Crippen LogP contribution in [0.4, 0.5) is 0 Å². The Kier molecular flexibility index (Phi) is 5.81. The highest BCUT2D eigenvalue weighted by Gasteiger charge is 2.25. The van der Waals surface area contributed by atoms with Gasteiger partial charge in [-0.3, -0.25) is 4.57 Å². The number of nitrogens with zero attached hydrogens (tertiary/aromatic N) is 3. The van der Waals surface area contributed by atoms with Gasteiger partial charge in [-0.15, -0.1) is 34.0 Å². The third-order valence-electron chi connectivity index (χ3n) is 11.2. The van der Waals surface area contributed by atoms with Crippen molar-refractivity contribution in [2.24, 2.45) is 0 Å². The lowest BCUT2D eigenvalue weighted by molar-refractivity contribution is 1.02. The second kappa shape index (κ2) is 10.7. The van der Waals surface area contributed by atoms with Crippen LogP contribution in [0, 0.1) is 0 Å². The standard InChI is InChI=1S/C48H25N3S3/c1-2-12-28-26(11-1)21-24-39-41(28)44-47(54-39)43(27-22-23-38-34(25-27)29-13-6-9-19-36(29)52-38)49-48(50-44)51-35-18-8-5-16-32(35)42-45(51)31-15-4-3-14-30(31)40-33-17-7-10-20-37(33)53-46(40)42/h1-25H. The average Bonchev–Trinajstić information content (AvgIpc) is 3.99. The molecule has 0 unspecified atom stereocenters. The van der Waals surface area contributed by atoms with Crippen LogP contribution in [0.3, 0.4) is 0 Å². The van der Waals surface area contributed by atoms with E-state index in [0.717, 1.165) is 32.5 Å². The van der Waals surface area contributed by atoms with Crippen molar-refractivity contribution in [2.45, 2.75) is 0 Å². The molecule has 54 heavy (non-hydrogen) atoms. The van der Waals surface area contributed by atoms with Crippen molar-refractivity contribution < 1.29 is 0 Å². The molecule has 0 saturated heterocycles. The van der Waals surface area contributed by atoms with Gasteiger partial charge in [0.05, 0.1) is 26.9 Å². The minimum atomic E-state index is 0.692. The smallest absolute Gasteiger partial charge is 0.235 e. The van der Waals surface area contributed by atoms with Gasteiger partial charge in [-0.2, -0.15) is 0 Å². The number of hydrogen-bond donors (Lipinski definition) is 0. The first-order valence-electron chi connectivity index (χ1n) is 18.1. The van der Waals surface area contributed by atoms with E-state index < -0.39 is 0 Å². The second-order valence-corrected chi connectivity index (χ2v) is 17.2. The highest BCUT2D eigenvalue weighted by Crippen LogP contribution is 2.49. The summed E-state index contributed by atoms with van der Waals surface area (Å²) in [6, 6.07) is 55.3. The normalized spacial score (nSPS) is 12.4. The van der Waals surface area contributed by atoms with Crippen LogP contribution in [0.2, 0.25) is 0 Å². The summed E-state index contributed by atoms with van der Waals surface area (Å²) in [6.45, 7) is 0. The SMILES string of the molecule is c1ccc2c(c1)ccc1sc3c(-c4ccc5sc6ccccc6c5c4)nc(-n4c5ccccc5c5c6sc7ccccc7c6c6ccccc6c54)nc3c12. The molecule has 0 fully saturated rings. The maximum Gasteiger partial charge on any atom is 0.235 e. The van der Waals surface area contributed by atoms with Crippen molar-refractivity contribution in [3.63, 3.8) is 0 Å². The van der Waals surface area contributed by atoms with E-state index in [1.165, 1.54) is 82.7 Å². The summed E-state index contributed by atoms with van der Waals surface area (Å²) >= 11 is 5.54. The monoisotopic (exact) mass is 739 g/mol. The molecule has 8 aromatic carbocycles. The molecule has 0 N–H and O–H groups in total. The number of thiophene rings is 3. The fourth-order valence-corrected chi connectivity index (χ4v) is 12.4. The zero-order valence-electron chi connectivity index (χ0n) is 28.5. The van der Waals surface area contributed by atoms with E-state index in [1.807, 2.05) is 22.7 Å². The molecule has 3 nitrogen and oxygen atoms in total. The van der Waals surface area contributed by atoms with Gasteiger partial charge in [-0.05, 0) is 52.6 Å². The van der Waals surface area contributed by atoms with Crippen LogP contribution in [0.1, 0.15) is 0 Å². The summed E-state index contributed by atoms with van der Waals surface area (Å²) in [4.78, 5) is 11.3. The maximum atomic E-state index is 5.66. The van der Waals surface area contributed by atoms with E-state index >= 15 is 0 Å². The topological polar surface area (TPSA) is 30.7 Å². The highest BCUT2D eigenvalue weighted by molar-refractivity contribution is 7.27. The summed E-state index contributed by atoms with van der Waals surface area (Å²) in [5.74, 6) is 0.692. The molecule has 0 saturated carbocycles. The predicted octanol–water partition coefficient (Wildman–Crippen LogP) is 14.7. The first-order chi connectivity index (χ1) is 26.8. The van der Waals surface area contributed by atoms with E-state index in [-0.39, 0.29) is 0 Å². The fourth-order valence-electron chi connectivity index (χ4n) is 8.89. The number of aromatic nitrogens is 3. The molecular weight excluding hydrogens is 715 g/mol. The van der Waals surface area contributed by atoms with Crippen LogP contribution in [0.25, 0.3) is 121 Å². The Labute approximate surface area is 319 Å². The quantitative estimate of drug-likeness (QED) is 0.177. The van der Waals surface area contributed by atoms with Gasteiger partial charge < -0.3 is 0 Å². The van der Waals surface area contributed by atoms with E-state index in [2.05, 4.69) is 156 Å². The first kappa shape index (κ1) is 29.3. The van der Waals surface area contributed by atoms with E-state index in [1.54, 1.807) is 11.3 Å². The van der Waals surface area contributed by atoms with Crippen LogP contribution in [0.15, 0.2) is 152 Å². The number of para-hydroxylation sites is 1. The molecule has 0 amide bonds. The first-order valence-corrected chi connectivity index (χ1v) is 20.5. The number of benzene rings is 8. The minimum absolute atomic E-state index is 0.692. The third-order valence-corrected chi connectivity index (χ3v) is 14.7. The summed E-state index contributed by atoms with van der Waals surface area (Å²) in [6.07, 6.45) is 0. The van der Waals surface area contributed by atoms with Crippen LogP contribution >= 0.6 is 34.0 Å². The Balaban J connectivity index is 1.23. The molecule has 0 atom stereocenters. The molecule has 13 rings (SSSR count). The molecule has 5 aromatic heterocycles. The van der Waals surface area contributed by atoms with Crippen LogP contribution < -0.4 is 0 Å². The van der Waals surface area contributed by atoms with Crippen LogP contribution in [-0.2, 0) is 0 Å². The van der Waals surface area contributed by atoms with Crippen molar-refractivity contribution in [3.8, 4) is 17.2 Å². The van der Waals surface area contributed by atoms with Crippen LogP contribution in [0.5, 0.6) is 0 Å². The van der Waals surface area contributed by atoms with Gasteiger partial charge in [-0.25, -0.2) is 9.97 Å². The van der Waals surface area contributed by atoms with Gasteiger partial charge in [0, 0.05) is 72.2 Å². The molecule has 6 heteroatoms. The maximum absolute atomic E-state index is 5.66. The summed E-state index contributed by atoms with van der Waals surface area (Å²) in [5.41, 5.74) is 5.33. The summed E-state index contributed by atoms with van der Waals surface area (Å²) in [5, 5.41) is 13.7. The number of rotatable bonds is 2. The molecule has 0 radical (unpaired) electrons. The minimum Gasteiger partial charge on any atom is -0.277 e. The Hall–Kier alpha value is -6.18. The summed E-state index contributed by atoms with van der Waals surface area (Å²) in [7, 11) is 0. The van der Waals surface area contributed by atoms with Gasteiger partial charge in [0.2, 0.25) is 5.95 Å². The third kappa shape index (κ3) is 3.84. The largest absolute Gasteiger partial charge is 0.277 e. The number of hydrogen-bond acceptors (Lipinski definition) is 5. The molecule has 0 aliphatic carbocycles. The Bertz CT molecular complexity index is 3750. The molecule has 0 spiro atoms. The van der Waals surface area contributed by atoms with Crippen molar-refractivity contribution in [2.75, 3.05) is 0 Å². The van der Waals surface area contributed by atoms with Gasteiger partial charge in [0.25, 0.3) is 0 Å². The van der Waals surface area contributed by atoms with E-state index in [0.29, 0.717) is 5.95 Å². The molecule has 5 heterocycles. The van der Waals surface area contributed by atoms with Gasteiger partial charge >= 0.3 is 0 Å². The van der Waals surface area contributed by atoms with Crippen molar-refractivity contribution in [1.82, 2.24) is 14.5 Å². The lowest BCUT2D eigenvalue weighted by Crippen LogP contribution is -2.03. The molecule has 0 aliphatic heterocycles. The van der Waals surface area contributed by atoms with Gasteiger partial charge in [-0.1, -0.05) is 115 Å². The molecule has 0 aliphatic rings. The molecule has 13 aromatic rings. The Morgan fingerprint density at radius 3 is 1.93 bits per heavy atom. The lowest BCUT2D eigenvalue weighted by atomic mass is 10.00. The lowest BCUT2D eigenvalue weighted by Gasteiger charge is -2.12. The predicted molar refractivity (Wildman–Crippen MR) is 235 cm³/mol. The van der Waals surface area contributed by atoms with E-state index in [9.17, 15) is 0 Å². The fraction of sp³-hybridized carbons (Fsp3) is 0. The zero-order chi connectivity index (χ0) is 35.1. The van der Waals surface area contributed by atoms with Gasteiger partial charge in [0.1, 0.15) is 0 Å². The van der Waals surface area contributed by atoms with E-state index in [4.69, 9.17) is 9.97 Å². The molecule has 250 valence electrons. The zero-order valence-corrected chi connectivity index (χ0v) is 30.9. The average molecular weight is 740 g/mol. The van der Waals surface area contributed by atoms with Crippen molar-refractivity contribution in [3.05, 3.63) is 152 Å². The summed E-state index contributed by atoms with van der Waals surface area (Å²) < 4.78 is 9.88. The van der Waals surface area contributed by atoms with Crippen LogP contribution in [-0.4, -0.2) is 14.5 Å². The molecular formula is C48H25N3S3.